The van der Waals surface area contributed by atoms with Gasteiger partial charge in [0.2, 0.25) is 23.5 Å². The largest absolute Gasteiger partial charge is 0.466 e. The molecule has 1 aromatic carbocycles. The second-order valence-corrected chi connectivity index (χ2v) is 8.13. The summed E-state index contributed by atoms with van der Waals surface area (Å²) in [4.78, 5) is 44.1. The lowest BCUT2D eigenvalue weighted by atomic mass is 9.97. The number of esters is 1. The van der Waals surface area contributed by atoms with Gasteiger partial charge in [0, 0.05) is 38.5 Å². The fourth-order valence-corrected chi connectivity index (χ4v) is 3.63. The van der Waals surface area contributed by atoms with E-state index in [0.717, 1.165) is 0 Å². The van der Waals surface area contributed by atoms with Crippen LogP contribution in [0.2, 0.25) is 0 Å². The summed E-state index contributed by atoms with van der Waals surface area (Å²) in [5, 5.41) is 3.85. The summed E-state index contributed by atoms with van der Waals surface area (Å²) >= 11 is 0. The minimum absolute atomic E-state index is 0.0410. The predicted octanol–water partition coefficient (Wildman–Crippen LogP) is 2.38. The van der Waals surface area contributed by atoms with Crippen LogP contribution in [-0.4, -0.2) is 71.0 Å². The van der Waals surface area contributed by atoms with Crippen molar-refractivity contribution in [2.75, 3.05) is 33.3 Å². The van der Waals surface area contributed by atoms with Crippen molar-refractivity contribution in [3.8, 4) is 11.4 Å². The maximum Gasteiger partial charge on any atom is 0.309 e. The van der Waals surface area contributed by atoms with Gasteiger partial charge in [-0.2, -0.15) is 4.98 Å². The molecule has 33 heavy (non-hydrogen) atoms. The van der Waals surface area contributed by atoms with E-state index in [-0.39, 0.29) is 60.6 Å². The number of aromatic nitrogens is 2. The molecule has 1 aromatic heterocycles. The Morgan fingerprint density at radius 2 is 2.00 bits per heavy atom. The van der Waals surface area contributed by atoms with Gasteiger partial charge in [0.05, 0.1) is 19.1 Å². The van der Waals surface area contributed by atoms with Crippen LogP contribution in [0.1, 0.15) is 37.6 Å². The highest BCUT2D eigenvalue weighted by Gasteiger charge is 2.29. The average molecular weight is 461 g/mol. The van der Waals surface area contributed by atoms with E-state index < -0.39 is 0 Å². The van der Waals surface area contributed by atoms with Gasteiger partial charge in [0.25, 0.3) is 0 Å². The normalized spacial score (nSPS) is 14.2. The van der Waals surface area contributed by atoms with Crippen LogP contribution in [0.25, 0.3) is 11.4 Å². The smallest absolute Gasteiger partial charge is 0.309 e. The van der Waals surface area contributed by atoms with Gasteiger partial charge >= 0.3 is 5.97 Å². The highest BCUT2D eigenvalue weighted by Crippen LogP contribution is 2.20. The highest BCUT2D eigenvalue weighted by atomic mass is 19.1. The van der Waals surface area contributed by atoms with Crippen molar-refractivity contribution in [1.82, 2.24) is 19.9 Å². The van der Waals surface area contributed by atoms with Crippen molar-refractivity contribution in [3.63, 3.8) is 0 Å². The molecular weight excluding hydrogens is 431 g/mol. The Morgan fingerprint density at radius 1 is 1.27 bits per heavy atom. The first-order chi connectivity index (χ1) is 15.8. The highest BCUT2D eigenvalue weighted by molar-refractivity contribution is 5.85. The molecule has 0 atom stereocenters. The Labute approximate surface area is 191 Å². The molecule has 9 nitrogen and oxygen atoms in total. The molecule has 0 spiro atoms. The fourth-order valence-electron chi connectivity index (χ4n) is 3.63. The lowest BCUT2D eigenvalue weighted by molar-refractivity contribution is -0.151. The molecule has 0 saturated carbocycles. The van der Waals surface area contributed by atoms with Crippen molar-refractivity contribution in [1.29, 1.82) is 0 Å². The molecule has 3 rings (SSSR count). The molecule has 2 aromatic rings. The van der Waals surface area contributed by atoms with Gasteiger partial charge in [0.15, 0.2) is 0 Å². The van der Waals surface area contributed by atoms with Gasteiger partial charge in [-0.1, -0.05) is 17.3 Å². The lowest BCUT2D eigenvalue weighted by Gasteiger charge is -2.32. The van der Waals surface area contributed by atoms with Crippen molar-refractivity contribution in [2.24, 2.45) is 5.92 Å². The number of amides is 2. The molecule has 0 unspecified atom stereocenters. The number of nitrogens with zero attached hydrogens (tertiary/aromatic N) is 4. The Bertz CT molecular complexity index is 1000. The molecule has 1 aliphatic rings. The molecule has 1 fully saturated rings. The topological polar surface area (TPSA) is 106 Å². The molecule has 0 aliphatic carbocycles. The van der Waals surface area contributed by atoms with Crippen LogP contribution >= 0.6 is 0 Å². The number of likely N-dealkylation sites (N-methyl/N-ethyl adjacent to an activating group) is 1. The van der Waals surface area contributed by atoms with Gasteiger partial charge in [-0.05, 0) is 38.3 Å². The maximum atomic E-state index is 13.8. The summed E-state index contributed by atoms with van der Waals surface area (Å²) < 4.78 is 24.0. The third-order valence-corrected chi connectivity index (χ3v) is 5.72. The minimum atomic E-state index is -0.356. The number of hydrogen-bond donors (Lipinski definition) is 0. The molecule has 0 bridgehead atoms. The van der Waals surface area contributed by atoms with Gasteiger partial charge < -0.3 is 19.1 Å². The third-order valence-electron chi connectivity index (χ3n) is 5.72. The van der Waals surface area contributed by atoms with Crippen molar-refractivity contribution < 1.29 is 28.0 Å². The molecule has 0 radical (unpaired) electrons. The summed E-state index contributed by atoms with van der Waals surface area (Å²) in [6.45, 7) is 4.68. The Hall–Kier alpha value is -3.30. The van der Waals surface area contributed by atoms with Crippen molar-refractivity contribution in [3.05, 3.63) is 35.5 Å². The number of ether oxygens (including phenoxy) is 1. The third kappa shape index (κ3) is 6.36. The molecule has 178 valence electrons. The second kappa shape index (κ2) is 11.0. The average Bonchev–Trinajstić information content (AvgIpc) is 3.28. The molecule has 1 aliphatic heterocycles. The van der Waals surface area contributed by atoms with E-state index in [0.29, 0.717) is 43.7 Å². The first-order valence-electron chi connectivity index (χ1n) is 11.1. The van der Waals surface area contributed by atoms with Crippen molar-refractivity contribution >= 4 is 17.8 Å². The number of carbonyl (C=O) groups excluding carboxylic acids is 3. The van der Waals surface area contributed by atoms with Gasteiger partial charge in [-0.25, -0.2) is 4.39 Å². The predicted molar refractivity (Wildman–Crippen MR) is 116 cm³/mol. The summed E-state index contributed by atoms with van der Waals surface area (Å²) in [6.07, 6.45) is 1.43. The van der Waals surface area contributed by atoms with E-state index in [4.69, 9.17) is 9.26 Å². The monoisotopic (exact) mass is 460 g/mol. The number of carbonyl (C=O) groups is 3. The molecule has 10 heteroatoms. The summed E-state index contributed by atoms with van der Waals surface area (Å²) in [5.74, 6) is -0.616. The van der Waals surface area contributed by atoms with Crippen LogP contribution in [0, 0.1) is 18.7 Å². The number of aryl methyl sites for hydroxylation is 2. The van der Waals surface area contributed by atoms with E-state index in [1.807, 2.05) is 0 Å². The van der Waals surface area contributed by atoms with E-state index >= 15 is 0 Å². The summed E-state index contributed by atoms with van der Waals surface area (Å²) in [6, 6.07) is 4.67. The van der Waals surface area contributed by atoms with Crippen LogP contribution in [0.3, 0.4) is 0 Å². The zero-order valence-corrected chi connectivity index (χ0v) is 19.2. The first-order valence-corrected chi connectivity index (χ1v) is 11.1. The summed E-state index contributed by atoms with van der Waals surface area (Å²) in [7, 11) is 1.57. The van der Waals surface area contributed by atoms with E-state index in [9.17, 15) is 18.8 Å². The summed E-state index contributed by atoms with van der Waals surface area (Å²) in [5.41, 5.74) is 1.02. The standard InChI is InChI=1S/C23H29FN4O5/c1-4-32-23(31)16-9-11-28(12-10-16)21(30)14-27(3)20(29)8-7-19-25-22(26-33-19)17-6-5-15(2)18(24)13-17/h5-6,13,16H,4,7-12,14H2,1-3H3. The molecule has 1 saturated heterocycles. The van der Waals surface area contributed by atoms with Crippen LogP contribution < -0.4 is 0 Å². The SMILES string of the molecule is CCOC(=O)C1CCN(C(=O)CN(C)C(=O)CCc2nc(-c3ccc(C)c(F)c3)no2)CC1. The quantitative estimate of drug-likeness (QED) is 0.557. The number of likely N-dealkylation sites (tertiary alicyclic amines) is 1. The number of benzene rings is 1. The fraction of sp³-hybridized carbons (Fsp3) is 0.522. The van der Waals surface area contributed by atoms with Crippen molar-refractivity contribution in [2.45, 2.75) is 39.5 Å². The molecule has 2 heterocycles. The van der Waals surface area contributed by atoms with E-state index in [1.165, 1.54) is 11.0 Å². The van der Waals surface area contributed by atoms with E-state index in [1.54, 1.807) is 37.9 Å². The Morgan fingerprint density at radius 3 is 2.67 bits per heavy atom. The number of rotatable bonds is 8. The minimum Gasteiger partial charge on any atom is -0.466 e. The van der Waals surface area contributed by atoms with Crippen LogP contribution in [0.5, 0.6) is 0 Å². The number of halogens is 1. The van der Waals surface area contributed by atoms with Gasteiger partial charge in [-0.15, -0.1) is 0 Å². The van der Waals surface area contributed by atoms with E-state index in [2.05, 4.69) is 10.1 Å². The van der Waals surface area contributed by atoms with Gasteiger partial charge in [0.1, 0.15) is 5.82 Å². The number of hydrogen-bond acceptors (Lipinski definition) is 7. The zero-order valence-electron chi connectivity index (χ0n) is 19.2. The van der Waals surface area contributed by atoms with Crippen LogP contribution in [0.4, 0.5) is 4.39 Å². The molecular formula is C23H29FN4O5. The number of piperidine rings is 1. The second-order valence-electron chi connectivity index (χ2n) is 8.13. The van der Waals surface area contributed by atoms with Gasteiger partial charge in [-0.3, -0.25) is 14.4 Å². The first kappa shape index (κ1) is 24.3. The maximum absolute atomic E-state index is 13.8. The zero-order chi connectivity index (χ0) is 24.0. The Kier molecular flexibility index (Phi) is 8.13. The Balaban J connectivity index is 1.44. The van der Waals surface area contributed by atoms with Crippen LogP contribution in [-0.2, 0) is 25.5 Å². The molecule has 0 N–H and O–H groups in total. The van der Waals surface area contributed by atoms with Crippen LogP contribution in [0.15, 0.2) is 22.7 Å². The molecule has 2 amide bonds. The lowest BCUT2D eigenvalue weighted by Crippen LogP contribution is -2.45.